The van der Waals surface area contributed by atoms with Gasteiger partial charge in [0.05, 0.1) is 22.2 Å². The van der Waals surface area contributed by atoms with E-state index in [9.17, 15) is 13.2 Å². The van der Waals surface area contributed by atoms with Crippen molar-refractivity contribution in [3.8, 4) is 17.0 Å². The van der Waals surface area contributed by atoms with Crippen molar-refractivity contribution in [1.82, 2.24) is 19.9 Å². The lowest BCUT2D eigenvalue weighted by Gasteiger charge is -2.18. The van der Waals surface area contributed by atoms with Crippen LogP contribution in [0, 0.1) is 0 Å². The summed E-state index contributed by atoms with van der Waals surface area (Å²) in [7, 11) is 5.36. The lowest BCUT2D eigenvalue weighted by molar-refractivity contribution is -0.137. The minimum absolute atomic E-state index is 0.0296. The largest absolute Gasteiger partial charge is 0.492 e. The van der Waals surface area contributed by atoms with Crippen LogP contribution in [0.4, 0.5) is 24.9 Å². The van der Waals surface area contributed by atoms with Crippen LogP contribution in [0.25, 0.3) is 22.3 Å². The van der Waals surface area contributed by atoms with Crippen molar-refractivity contribution >= 4 is 22.8 Å². The van der Waals surface area contributed by atoms with Crippen molar-refractivity contribution in [3.05, 3.63) is 35.9 Å². The minimum Gasteiger partial charge on any atom is -0.492 e. The molecular weight excluding hydrogens is 385 g/mol. The normalized spacial score (nSPS) is 11.8. The third-order valence-corrected chi connectivity index (χ3v) is 4.20. The highest BCUT2D eigenvalue weighted by molar-refractivity contribution is 5.89. The van der Waals surface area contributed by atoms with Crippen LogP contribution < -0.4 is 15.8 Å². The summed E-state index contributed by atoms with van der Waals surface area (Å²) in [6.07, 6.45) is -4.58. The molecular formula is C19H21F3N6O. The highest BCUT2D eigenvalue weighted by atomic mass is 19.4. The number of aromatic nitrogens is 3. The number of alkyl halides is 3. The van der Waals surface area contributed by atoms with Crippen LogP contribution in [0.15, 0.2) is 30.3 Å². The average Bonchev–Trinajstić information content (AvgIpc) is 2.65. The van der Waals surface area contributed by atoms with Crippen LogP contribution >= 0.6 is 0 Å². The summed E-state index contributed by atoms with van der Waals surface area (Å²) in [5, 5.41) is 3.42. The number of pyridine rings is 1. The fraction of sp³-hybridized carbons (Fsp3) is 0.316. The molecule has 0 spiro atoms. The molecule has 10 heteroatoms. The SMILES string of the molecule is CNc1nc(N)nc2nc(-c3c(OCCN(C)C)cccc3C(F)(F)F)ccc12. The Hall–Kier alpha value is -3.14. The number of benzene rings is 1. The summed E-state index contributed by atoms with van der Waals surface area (Å²) in [6, 6.07) is 6.93. The zero-order valence-electron chi connectivity index (χ0n) is 16.2. The minimum atomic E-state index is -4.58. The van der Waals surface area contributed by atoms with Crippen LogP contribution in [0.5, 0.6) is 5.75 Å². The molecule has 0 atom stereocenters. The number of nitrogens with zero attached hydrogens (tertiary/aromatic N) is 4. The van der Waals surface area contributed by atoms with E-state index in [0.29, 0.717) is 17.7 Å². The van der Waals surface area contributed by atoms with E-state index in [0.717, 1.165) is 6.07 Å². The van der Waals surface area contributed by atoms with E-state index < -0.39 is 11.7 Å². The molecule has 1 aromatic carbocycles. The number of fused-ring (bicyclic) bond motifs is 1. The molecule has 0 aliphatic rings. The van der Waals surface area contributed by atoms with Gasteiger partial charge in [0.2, 0.25) is 5.95 Å². The molecule has 0 radical (unpaired) electrons. The third kappa shape index (κ3) is 4.48. The first-order valence-electron chi connectivity index (χ1n) is 8.81. The first-order valence-corrected chi connectivity index (χ1v) is 8.81. The maximum atomic E-state index is 13.7. The van der Waals surface area contributed by atoms with E-state index in [-0.39, 0.29) is 35.2 Å². The Morgan fingerprint density at radius 2 is 1.86 bits per heavy atom. The van der Waals surface area contributed by atoms with E-state index in [1.54, 1.807) is 13.1 Å². The zero-order chi connectivity index (χ0) is 21.2. The first kappa shape index (κ1) is 20.6. The number of hydrogen-bond donors (Lipinski definition) is 2. The number of anilines is 2. The first-order chi connectivity index (χ1) is 13.7. The van der Waals surface area contributed by atoms with Gasteiger partial charge in [-0.2, -0.15) is 23.1 Å². The molecule has 2 heterocycles. The Morgan fingerprint density at radius 1 is 1.10 bits per heavy atom. The lowest BCUT2D eigenvalue weighted by Crippen LogP contribution is -2.20. The van der Waals surface area contributed by atoms with Gasteiger partial charge in [0.15, 0.2) is 5.65 Å². The molecule has 7 nitrogen and oxygen atoms in total. The van der Waals surface area contributed by atoms with Crippen LogP contribution in [-0.2, 0) is 6.18 Å². The van der Waals surface area contributed by atoms with Gasteiger partial charge in [-0.1, -0.05) is 6.07 Å². The van der Waals surface area contributed by atoms with Crippen molar-refractivity contribution in [3.63, 3.8) is 0 Å². The summed E-state index contributed by atoms with van der Waals surface area (Å²) >= 11 is 0. The maximum Gasteiger partial charge on any atom is 0.417 e. The second kappa shape index (κ2) is 8.08. The fourth-order valence-corrected chi connectivity index (χ4v) is 2.85. The van der Waals surface area contributed by atoms with Gasteiger partial charge >= 0.3 is 6.18 Å². The Bertz CT molecular complexity index is 1020. The third-order valence-electron chi connectivity index (χ3n) is 4.20. The molecule has 0 amide bonds. The molecule has 154 valence electrons. The van der Waals surface area contributed by atoms with Crippen molar-refractivity contribution in [2.24, 2.45) is 0 Å². The standard InChI is InChI=1S/C19H21F3N6O/c1-24-16-11-7-8-13(25-17(11)27-18(23)26-16)15-12(19(20,21)22)5-4-6-14(15)29-10-9-28(2)3/h4-8H,9-10H2,1-3H3,(H3,23,24,25,26,27). The molecule has 3 aromatic rings. The van der Waals surface area contributed by atoms with Crippen molar-refractivity contribution in [2.45, 2.75) is 6.18 Å². The van der Waals surface area contributed by atoms with Gasteiger partial charge in [0.25, 0.3) is 0 Å². The van der Waals surface area contributed by atoms with Gasteiger partial charge in [-0.3, -0.25) is 0 Å². The summed E-state index contributed by atoms with van der Waals surface area (Å²) in [5.74, 6) is 0.514. The number of rotatable bonds is 6. The number of nitrogens with two attached hydrogens (primary N) is 1. The highest BCUT2D eigenvalue weighted by Crippen LogP contribution is 2.42. The number of nitrogens with one attached hydrogen (secondary N) is 1. The summed E-state index contributed by atoms with van der Waals surface area (Å²) in [4.78, 5) is 14.3. The number of ether oxygens (including phenoxy) is 1. The summed E-state index contributed by atoms with van der Waals surface area (Å²) < 4.78 is 46.8. The average molecular weight is 406 g/mol. The van der Waals surface area contributed by atoms with Crippen molar-refractivity contribution in [2.75, 3.05) is 45.3 Å². The zero-order valence-corrected chi connectivity index (χ0v) is 16.2. The van der Waals surface area contributed by atoms with E-state index >= 15 is 0 Å². The van der Waals surface area contributed by atoms with Gasteiger partial charge in [-0.15, -0.1) is 0 Å². The fourth-order valence-electron chi connectivity index (χ4n) is 2.85. The Morgan fingerprint density at radius 3 is 2.52 bits per heavy atom. The van der Waals surface area contributed by atoms with Crippen LogP contribution in [0.2, 0.25) is 0 Å². The molecule has 0 unspecified atom stereocenters. The van der Waals surface area contributed by atoms with Crippen molar-refractivity contribution < 1.29 is 17.9 Å². The molecule has 0 saturated carbocycles. The summed E-state index contributed by atoms with van der Waals surface area (Å²) in [5.41, 5.74) is 5.01. The Labute approximate surface area is 165 Å². The number of hydrogen-bond acceptors (Lipinski definition) is 7. The predicted octanol–water partition coefficient (Wildman–Crippen LogP) is 3.27. The molecule has 0 aliphatic carbocycles. The second-order valence-corrected chi connectivity index (χ2v) is 6.58. The van der Waals surface area contributed by atoms with Crippen molar-refractivity contribution in [1.29, 1.82) is 0 Å². The van der Waals surface area contributed by atoms with E-state index in [1.807, 2.05) is 19.0 Å². The molecule has 2 aromatic heterocycles. The molecule has 0 bridgehead atoms. The molecule has 0 aliphatic heterocycles. The van der Waals surface area contributed by atoms with Gasteiger partial charge in [0, 0.05) is 13.6 Å². The lowest BCUT2D eigenvalue weighted by atomic mass is 10.0. The molecule has 0 fully saturated rings. The summed E-state index contributed by atoms with van der Waals surface area (Å²) in [6.45, 7) is 0.782. The van der Waals surface area contributed by atoms with E-state index in [4.69, 9.17) is 10.5 Å². The van der Waals surface area contributed by atoms with Gasteiger partial charge < -0.3 is 20.7 Å². The Balaban J connectivity index is 2.17. The number of halogens is 3. The smallest absolute Gasteiger partial charge is 0.417 e. The Kier molecular flexibility index (Phi) is 5.73. The highest BCUT2D eigenvalue weighted by Gasteiger charge is 2.35. The van der Waals surface area contributed by atoms with Gasteiger partial charge in [-0.05, 0) is 38.4 Å². The van der Waals surface area contributed by atoms with Crippen LogP contribution in [0.3, 0.4) is 0 Å². The maximum absolute atomic E-state index is 13.7. The molecule has 3 N–H and O–H groups in total. The monoisotopic (exact) mass is 406 g/mol. The molecule has 29 heavy (non-hydrogen) atoms. The van der Waals surface area contributed by atoms with Gasteiger partial charge in [-0.25, -0.2) is 4.98 Å². The van der Waals surface area contributed by atoms with E-state index in [1.165, 1.54) is 18.2 Å². The second-order valence-electron chi connectivity index (χ2n) is 6.58. The van der Waals surface area contributed by atoms with Gasteiger partial charge in [0.1, 0.15) is 18.2 Å². The number of nitrogen functional groups attached to an aromatic ring is 1. The molecule has 0 saturated heterocycles. The van der Waals surface area contributed by atoms with E-state index in [2.05, 4.69) is 20.3 Å². The van der Waals surface area contributed by atoms with Crippen LogP contribution in [0.1, 0.15) is 5.56 Å². The topological polar surface area (TPSA) is 89.2 Å². The quantitative estimate of drug-likeness (QED) is 0.649. The predicted molar refractivity (Wildman–Crippen MR) is 106 cm³/mol. The molecule has 3 rings (SSSR count). The number of likely N-dealkylation sites (N-methyl/N-ethyl adjacent to an activating group) is 1. The van der Waals surface area contributed by atoms with Crippen LogP contribution in [-0.4, -0.2) is 54.1 Å².